The molecule has 7 heteroatoms. The van der Waals surface area contributed by atoms with Gasteiger partial charge in [-0.25, -0.2) is 13.4 Å². The van der Waals surface area contributed by atoms with Crippen LogP contribution in [0.2, 0.25) is 0 Å². The zero-order valence-electron chi connectivity index (χ0n) is 11.2. The summed E-state index contributed by atoms with van der Waals surface area (Å²) in [6.45, 7) is 3.13. The molecule has 0 unspecified atom stereocenters. The lowest BCUT2D eigenvalue weighted by Crippen LogP contribution is -2.53. The maximum absolute atomic E-state index is 11.6. The monoisotopic (exact) mass is 297 g/mol. The predicted molar refractivity (Wildman–Crippen MR) is 76.5 cm³/mol. The van der Waals surface area contributed by atoms with E-state index in [0.29, 0.717) is 0 Å². The fraction of sp³-hybridized carbons (Fsp3) is 0.615. The average molecular weight is 297 g/mol. The smallest absolute Gasteiger partial charge is 0.154 e. The molecular weight excluding hydrogens is 278 g/mol. The Morgan fingerprint density at radius 1 is 1.15 bits per heavy atom. The van der Waals surface area contributed by atoms with Crippen LogP contribution in [-0.4, -0.2) is 73.2 Å². The Bertz CT molecular complexity index is 555. The minimum Gasteiger partial charge on any atom is -0.390 e. The maximum Gasteiger partial charge on any atom is 0.154 e. The molecule has 0 amide bonds. The van der Waals surface area contributed by atoms with Gasteiger partial charge in [0.25, 0.3) is 0 Å². The summed E-state index contributed by atoms with van der Waals surface area (Å²) < 4.78 is 23.1. The quantitative estimate of drug-likeness (QED) is 0.783. The van der Waals surface area contributed by atoms with Gasteiger partial charge in [-0.05, 0) is 12.1 Å². The highest BCUT2D eigenvalue weighted by Gasteiger charge is 2.40. The number of sulfone groups is 1. The number of hydrogen-bond donors (Lipinski definition) is 1. The minimum atomic E-state index is -3.08. The Labute approximate surface area is 118 Å². The highest BCUT2D eigenvalue weighted by atomic mass is 32.2. The van der Waals surface area contributed by atoms with E-state index in [-0.39, 0.29) is 17.5 Å². The van der Waals surface area contributed by atoms with Crippen LogP contribution in [-0.2, 0) is 9.84 Å². The molecule has 2 atom stereocenters. The fourth-order valence-corrected chi connectivity index (χ4v) is 4.81. The van der Waals surface area contributed by atoms with E-state index in [1.165, 1.54) is 0 Å². The molecule has 0 aromatic carbocycles. The van der Waals surface area contributed by atoms with E-state index in [1.807, 2.05) is 18.2 Å². The number of rotatable bonds is 2. The van der Waals surface area contributed by atoms with Crippen molar-refractivity contribution in [2.24, 2.45) is 0 Å². The normalized spacial score (nSPS) is 30.6. The van der Waals surface area contributed by atoms with Crippen molar-refractivity contribution < 1.29 is 13.5 Å². The largest absolute Gasteiger partial charge is 0.390 e. The number of nitrogens with zero attached hydrogens (tertiary/aromatic N) is 3. The predicted octanol–water partition coefficient (Wildman–Crippen LogP) is -0.638. The van der Waals surface area contributed by atoms with Crippen molar-refractivity contribution in [1.82, 2.24) is 9.88 Å². The van der Waals surface area contributed by atoms with Crippen molar-refractivity contribution >= 4 is 15.7 Å². The first kappa shape index (κ1) is 13.8. The number of aliphatic hydroxyl groups is 1. The van der Waals surface area contributed by atoms with Gasteiger partial charge in [0.15, 0.2) is 9.84 Å². The zero-order chi connectivity index (χ0) is 14.2. The first-order valence-corrected chi connectivity index (χ1v) is 8.66. The van der Waals surface area contributed by atoms with Crippen LogP contribution in [0.3, 0.4) is 0 Å². The first-order valence-electron chi connectivity index (χ1n) is 6.84. The van der Waals surface area contributed by atoms with Crippen LogP contribution in [0, 0.1) is 0 Å². The number of hydrogen-bond acceptors (Lipinski definition) is 6. The molecule has 1 aromatic rings. The Morgan fingerprint density at radius 2 is 1.90 bits per heavy atom. The molecular formula is C13H19N3O3S. The third-order valence-electron chi connectivity index (χ3n) is 4.05. The summed E-state index contributed by atoms with van der Waals surface area (Å²) in [6, 6.07) is 5.58. The molecule has 0 radical (unpaired) electrons. The van der Waals surface area contributed by atoms with Crippen molar-refractivity contribution in [3.05, 3.63) is 24.4 Å². The fourth-order valence-electron chi connectivity index (χ4n) is 2.98. The average Bonchev–Trinajstić information content (AvgIpc) is 2.73. The molecule has 0 spiro atoms. The Kier molecular flexibility index (Phi) is 3.66. The highest BCUT2D eigenvalue weighted by molar-refractivity contribution is 7.91. The molecule has 1 N–H and O–H groups in total. The number of anilines is 1. The van der Waals surface area contributed by atoms with Gasteiger partial charge in [-0.15, -0.1) is 0 Å². The second-order valence-electron chi connectivity index (χ2n) is 5.42. The molecule has 2 aliphatic rings. The van der Waals surface area contributed by atoms with E-state index in [2.05, 4.69) is 14.8 Å². The summed E-state index contributed by atoms with van der Waals surface area (Å²) >= 11 is 0. The zero-order valence-corrected chi connectivity index (χ0v) is 12.0. The SMILES string of the molecule is O=S1(=O)C[C@@H](O)[C@H](N2CCN(c3ccccn3)CC2)C1. The van der Waals surface area contributed by atoms with Crippen LogP contribution >= 0.6 is 0 Å². The van der Waals surface area contributed by atoms with E-state index in [4.69, 9.17) is 0 Å². The van der Waals surface area contributed by atoms with Gasteiger partial charge in [0.2, 0.25) is 0 Å². The lowest BCUT2D eigenvalue weighted by Gasteiger charge is -2.39. The van der Waals surface area contributed by atoms with Gasteiger partial charge in [-0.2, -0.15) is 0 Å². The molecule has 2 fully saturated rings. The van der Waals surface area contributed by atoms with Crippen LogP contribution in [0.4, 0.5) is 5.82 Å². The van der Waals surface area contributed by atoms with Crippen molar-refractivity contribution in [3.63, 3.8) is 0 Å². The van der Waals surface area contributed by atoms with Gasteiger partial charge in [0, 0.05) is 32.4 Å². The summed E-state index contributed by atoms with van der Waals surface area (Å²) in [7, 11) is -3.08. The third kappa shape index (κ3) is 2.79. The van der Waals surface area contributed by atoms with Gasteiger partial charge < -0.3 is 10.0 Å². The van der Waals surface area contributed by atoms with Gasteiger partial charge in [-0.1, -0.05) is 6.07 Å². The van der Waals surface area contributed by atoms with Gasteiger partial charge in [0.05, 0.1) is 23.7 Å². The van der Waals surface area contributed by atoms with Crippen molar-refractivity contribution in [2.45, 2.75) is 12.1 Å². The Hall–Kier alpha value is -1.18. The third-order valence-corrected chi connectivity index (χ3v) is 5.75. The van der Waals surface area contributed by atoms with Crippen LogP contribution in [0.5, 0.6) is 0 Å². The molecule has 3 rings (SSSR count). The lowest BCUT2D eigenvalue weighted by molar-refractivity contribution is 0.0792. The molecule has 2 saturated heterocycles. The topological polar surface area (TPSA) is 73.7 Å². The van der Waals surface area contributed by atoms with E-state index < -0.39 is 15.9 Å². The molecule has 110 valence electrons. The summed E-state index contributed by atoms with van der Waals surface area (Å²) in [6.07, 6.45) is 1.02. The van der Waals surface area contributed by atoms with Crippen LogP contribution in [0.25, 0.3) is 0 Å². The molecule has 6 nitrogen and oxygen atoms in total. The molecule has 0 bridgehead atoms. The Morgan fingerprint density at radius 3 is 2.45 bits per heavy atom. The highest BCUT2D eigenvalue weighted by Crippen LogP contribution is 2.21. The van der Waals surface area contributed by atoms with Crippen LogP contribution in [0.15, 0.2) is 24.4 Å². The van der Waals surface area contributed by atoms with E-state index in [1.54, 1.807) is 6.20 Å². The van der Waals surface area contributed by atoms with Crippen LogP contribution in [0.1, 0.15) is 0 Å². The molecule has 0 saturated carbocycles. The molecule has 3 heterocycles. The standard InChI is InChI=1S/C13H19N3O3S/c17-12-10-20(18,19)9-11(12)15-5-7-16(8-6-15)13-3-1-2-4-14-13/h1-4,11-12,17H,5-10H2/t11-,12-/m1/s1. The first-order chi connectivity index (χ1) is 9.55. The van der Waals surface area contributed by atoms with Crippen molar-refractivity contribution in [3.8, 4) is 0 Å². The van der Waals surface area contributed by atoms with Gasteiger partial charge in [-0.3, -0.25) is 4.90 Å². The Balaban J connectivity index is 1.62. The number of pyridine rings is 1. The molecule has 1 aromatic heterocycles. The lowest BCUT2D eigenvalue weighted by atomic mass is 10.1. The summed E-state index contributed by atoms with van der Waals surface area (Å²) in [5.74, 6) is 0.933. The molecule has 2 aliphatic heterocycles. The van der Waals surface area contributed by atoms with E-state index in [0.717, 1.165) is 32.0 Å². The number of piperazine rings is 1. The summed E-state index contributed by atoms with van der Waals surface area (Å²) in [5.41, 5.74) is 0. The van der Waals surface area contributed by atoms with Gasteiger partial charge >= 0.3 is 0 Å². The number of aliphatic hydroxyl groups excluding tert-OH is 1. The second-order valence-corrected chi connectivity index (χ2v) is 7.58. The summed E-state index contributed by atoms with van der Waals surface area (Å²) in [5, 5.41) is 9.91. The van der Waals surface area contributed by atoms with Crippen LogP contribution < -0.4 is 4.90 Å². The minimum absolute atomic E-state index is 0.0811. The van der Waals surface area contributed by atoms with E-state index in [9.17, 15) is 13.5 Å². The molecule has 20 heavy (non-hydrogen) atoms. The second kappa shape index (κ2) is 5.31. The van der Waals surface area contributed by atoms with E-state index >= 15 is 0 Å². The molecule has 0 aliphatic carbocycles. The van der Waals surface area contributed by atoms with Crippen molar-refractivity contribution in [1.29, 1.82) is 0 Å². The maximum atomic E-state index is 11.6. The van der Waals surface area contributed by atoms with Crippen molar-refractivity contribution in [2.75, 3.05) is 42.6 Å². The summed E-state index contributed by atoms with van der Waals surface area (Å²) in [4.78, 5) is 8.60. The number of aromatic nitrogens is 1. The van der Waals surface area contributed by atoms with Gasteiger partial charge in [0.1, 0.15) is 5.82 Å².